The highest BCUT2D eigenvalue weighted by Crippen LogP contribution is 2.37. The van der Waals surface area contributed by atoms with E-state index < -0.39 is 5.60 Å². The number of hydrogen-bond donors (Lipinski definition) is 0. The van der Waals surface area contributed by atoms with Crippen LogP contribution in [-0.4, -0.2) is 56.3 Å². The lowest BCUT2D eigenvalue weighted by Gasteiger charge is -2.42. The fourth-order valence-corrected chi connectivity index (χ4v) is 5.83. The van der Waals surface area contributed by atoms with Crippen LogP contribution in [0.25, 0.3) is 21.8 Å². The van der Waals surface area contributed by atoms with Gasteiger partial charge in [0, 0.05) is 36.6 Å². The van der Waals surface area contributed by atoms with E-state index in [-0.39, 0.29) is 23.5 Å². The second-order valence-electron chi connectivity index (χ2n) is 10.8. The van der Waals surface area contributed by atoms with Crippen molar-refractivity contribution in [2.45, 2.75) is 57.8 Å². The number of piperazine rings is 1. The van der Waals surface area contributed by atoms with Crippen molar-refractivity contribution >= 4 is 45.3 Å². The van der Waals surface area contributed by atoms with Gasteiger partial charge in [-0.25, -0.2) is 9.78 Å². The van der Waals surface area contributed by atoms with Crippen LogP contribution < -0.4 is 4.90 Å². The third-order valence-corrected chi connectivity index (χ3v) is 7.32. The number of anilines is 1. The molecule has 7 nitrogen and oxygen atoms in total. The molecular weight excluding hydrogens is 474 g/mol. The molecule has 4 heterocycles. The standard InChI is InChI=1S/C28H30ClN5O2/c1-28(2,3)36-27(35)34-19-9-10-20(34)17-33(16-19)25-22-11-12-23-21(24(22)30-26(29)31-25)13-14-32(23)15-18-7-5-4-6-8-18/h4-8,11-14,19-20H,9-10,15-17H2,1-3H3/t19-,20+. The van der Waals surface area contributed by atoms with Crippen LogP contribution in [0.2, 0.25) is 5.28 Å². The number of aromatic nitrogens is 3. The van der Waals surface area contributed by atoms with Gasteiger partial charge in [-0.2, -0.15) is 4.98 Å². The second kappa shape index (κ2) is 8.66. The summed E-state index contributed by atoms with van der Waals surface area (Å²) in [7, 11) is 0. The van der Waals surface area contributed by atoms with E-state index in [1.54, 1.807) is 0 Å². The van der Waals surface area contributed by atoms with Gasteiger partial charge in [-0.1, -0.05) is 30.3 Å². The molecule has 2 aliphatic rings. The zero-order chi connectivity index (χ0) is 25.0. The molecule has 0 radical (unpaired) electrons. The summed E-state index contributed by atoms with van der Waals surface area (Å²) in [5.41, 5.74) is 2.71. The van der Waals surface area contributed by atoms with Crippen molar-refractivity contribution in [3.8, 4) is 0 Å². The third kappa shape index (κ3) is 4.15. The Morgan fingerprint density at radius 2 is 1.72 bits per heavy atom. The quantitative estimate of drug-likeness (QED) is 0.327. The van der Waals surface area contributed by atoms with Crippen LogP contribution in [0.1, 0.15) is 39.2 Å². The number of hydrogen-bond acceptors (Lipinski definition) is 5. The van der Waals surface area contributed by atoms with E-state index in [0.717, 1.165) is 47.0 Å². The van der Waals surface area contributed by atoms with E-state index in [4.69, 9.17) is 16.3 Å². The number of amides is 1. The van der Waals surface area contributed by atoms with Crippen LogP contribution in [-0.2, 0) is 11.3 Å². The molecule has 0 aliphatic carbocycles. The number of carbonyl (C=O) groups excluding carboxylic acids is 1. The van der Waals surface area contributed by atoms with Gasteiger partial charge in [-0.3, -0.25) is 4.90 Å². The van der Waals surface area contributed by atoms with Gasteiger partial charge in [0.1, 0.15) is 11.4 Å². The monoisotopic (exact) mass is 503 g/mol. The van der Waals surface area contributed by atoms with Crippen molar-refractivity contribution in [1.29, 1.82) is 0 Å². The van der Waals surface area contributed by atoms with Crippen LogP contribution in [0, 0.1) is 0 Å². The number of nitrogens with zero attached hydrogens (tertiary/aromatic N) is 5. The highest BCUT2D eigenvalue weighted by Gasteiger charge is 2.45. The van der Waals surface area contributed by atoms with Crippen LogP contribution in [0.4, 0.5) is 10.6 Å². The van der Waals surface area contributed by atoms with Crippen molar-refractivity contribution in [3.63, 3.8) is 0 Å². The van der Waals surface area contributed by atoms with Crippen LogP contribution in [0.3, 0.4) is 0 Å². The molecule has 4 aromatic rings. The van der Waals surface area contributed by atoms with Gasteiger partial charge >= 0.3 is 6.09 Å². The van der Waals surface area contributed by atoms with Crippen LogP contribution in [0.5, 0.6) is 0 Å². The van der Waals surface area contributed by atoms with Crippen molar-refractivity contribution in [3.05, 3.63) is 65.6 Å². The first-order valence-corrected chi connectivity index (χ1v) is 12.9. The van der Waals surface area contributed by atoms with E-state index in [1.165, 1.54) is 5.56 Å². The van der Waals surface area contributed by atoms with Crippen molar-refractivity contribution in [1.82, 2.24) is 19.4 Å². The Hall–Kier alpha value is -3.32. The molecule has 36 heavy (non-hydrogen) atoms. The minimum atomic E-state index is -0.508. The first kappa shape index (κ1) is 23.1. The fraction of sp³-hybridized carbons (Fsp3) is 0.393. The van der Waals surface area contributed by atoms with Gasteiger partial charge in [0.05, 0.1) is 23.1 Å². The van der Waals surface area contributed by atoms with E-state index in [9.17, 15) is 4.79 Å². The molecule has 0 saturated carbocycles. The number of ether oxygens (including phenoxy) is 1. The Balaban J connectivity index is 1.33. The molecule has 2 aromatic carbocycles. The normalized spacial score (nSPS) is 19.9. The van der Waals surface area contributed by atoms with Gasteiger partial charge in [0.25, 0.3) is 0 Å². The van der Waals surface area contributed by atoms with E-state index >= 15 is 0 Å². The molecule has 0 unspecified atom stereocenters. The summed E-state index contributed by atoms with van der Waals surface area (Å²) in [6.07, 6.45) is 3.81. The summed E-state index contributed by atoms with van der Waals surface area (Å²) in [5, 5.41) is 2.28. The number of carbonyl (C=O) groups is 1. The van der Waals surface area contributed by atoms with Gasteiger partial charge in [-0.05, 0) is 69.0 Å². The summed E-state index contributed by atoms with van der Waals surface area (Å²) in [4.78, 5) is 26.4. The van der Waals surface area contributed by atoms with Crippen LogP contribution >= 0.6 is 11.6 Å². The molecule has 0 spiro atoms. The summed E-state index contributed by atoms with van der Waals surface area (Å²) in [6, 6.07) is 17.0. The number of benzene rings is 2. The van der Waals surface area contributed by atoms with Crippen molar-refractivity contribution in [2.24, 2.45) is 0 Å². The Labute approximate surface area is 215 Å². The summed E-state index contributed by atoms with van der Waals surface area (Å²) >= 11 is 6.48. The fourth-order valence-electron chi connectivity index (χ4n) is 5.67. The number of rotatable bonds is 3. The van der Waals surface area contributed by atoms with Gasteiger partial charge in [0.15, 0.2) is 0 Å². The average Bonchev–Trinajstić information content (AvgIpc) is 3.36. The molecule has 2 saturated heterocycles. The largest absolute Gasteiger partial charge is 0.444 e. The molecule has 2 aliphatic heterocycles. The predicted octanol–water partition coefficient (Wildman–Crippen LogP) is 5.87. The maximum atomic E-state index is 12.9. The number of halogens is 1. The zero-order valence-electron chi connectivity index (χ0n) is 20.8. The number of fused-ring (bicyclic) bond motifs is 5. The Bertz CT molecular complexity index is 1430. The van der Waals surface area contributed by atoms with Crippen molar-refractivity contribution < 1.29 is 9.53 Å². The maximum Gasteiger partial charge on any atom is 0.410 e. The van der Waals surface area contributed by atoms with Gasteiger partial charge < -0.3 is 14.2 Å². The molecule has 2 bridgehead atoms. The summed E-state index contributed by atoms with van der Waals surface area (Å²) < 4.78 is 7.94. The summed E-state index contributed by atoms with van der Waals surface area (Å²) in [5.74, 6) is 0.837. The first-order chi connectivity index (χ1) is 17.3. The van der Waals surface area contributed by atoms with E-state index in [0.29, 0.717) is 13.1 Å². The van der Waals surface area contributed by atoms with E-state index in [2.05, 4.69) is 68.1 Å². The predicted molar refractivity (Wildman–Crippen MR) is 143 cm³/mol. The summed E-state index contributed by atoms with van der Waals surface area (Å²) in [6.45, 7) is 7.91. The minimum Gasteiger partial charge on any atom is -0.444 e. The highest BCUT2D eigenvalue weighted by atomic mass is 35.5. The molecule has 8 heteroatoms. The lowest BCUT2D eigenvalue weighted by Crippen LogP contribution is -2.57. The maximum absolute atomic E-state index is 12.9. The third-order valence-electron chi connectivity index (χ3n) is 7.15. The molecule has 6 rings (SSSR count). The second-order valence-corrected chi connectivity index (χ2v) is 11.2. The topological polar surface area (TPSA) is 63.5 Å². The van der Waals surface area contributed by atoms with Gasteiger partial charge in [0.2, 0.25) is 5.28 Å². The zero-order valence-corrected chi connectivity index (χ0v) is 21.6. The Kier molecular flexibility index (Phi) is 5.56. The first-order valence-electron chi connectivity index (χ1n) is 12.5. The molecule has 2 fully saturated rings. The molecule has 2 aromatic heterocycles. The minimum absolute atomic E-state index is 0.0954. The highest BCUT2D eigenvalue weighted by molar-refractivity contribution is 6.29. The molecule has 1 amide bonds. The Morgan fingerprint density at radius 1 is 1.00 bits per heavy atom. The Morgan fingerprint density at radius 3 is 2.42 bits per heavy atom. The molecule has 186 valence electrons. The lowest BCUT2D eigenvalue weighted by atomic mass is 10.1. The lowest BCUT2D eigenvalue weighted by molar-refractivity contribution is 0.0123. The SMILES string of the molecule is CC(C)(C)OC(=O)N1[C@@H]2CC[C@H]1CN(c1nc(Cl)nc3c1ccc1c3ccn1Cc1ccccc1)C2. The molecule has 2 atom stereocenters. The smallest absolute Gasteiger partial charge is 0.410 e. The van der Waals surface area contributed by atoms with E-state index in [1.807, 2.05) is 31.7 Å². The van der Waals surface area contributed by atoms with Gasteiger partial charge in [-0.15, -0.1) is 0 Å². The molecular formula is C28H30ClN5O2. The van der Waals surface area contributed by atoms with Crippen LogP contribution in [0.15, 0.2) is 54.7 Å². The average molecular weight is 504 g/mol. The van der Waals surface area contributed by atoms with Crippen molar-refractivity contribution in [2.75, 3.05) is 18.0 Å². The molecule has 0 N–H and O–H groups in total.